The Hall–Kier alpha value is -1.91. The predicted octanol–water partition coefficient (Wildman–Crippen LogP) is 2.83. The molecule has 160 valence electrons. The smallest absolute Gasteiger partial charge is 0.432 e. The van der Waals surface area contributed by atoms with E-state index in [-0.39, 0.29) is 24.0 Å². The minimum atomic E-state index is -4.90. The van der Waals surface area contributed by atoms with E-state index in [4.69, 9.17) is 28.5 Å². The first-order valence-corrected chi connectivity index (χ1v) is 10.7. The van der Waals surface area contributed by atoms with Gasteiger partial charge in [-0.1, -0.05) is 34.9 Å². The summed E-state index contributed by atoms with van der Waals surface area (Å²) in [7, 11) is 0. The van der Waals surface area contributed by atoms with Gasteiger partial charge in [-0.15, -0.1) is 0 Å². The molecule has 0 aromatic heterocycles. The fourth-order valence-corrected chi connectivity index (χ4v) is 4.76. The predicted molar refractivity (Wildman–Crippen MR) is 108 cm³/mol. The number of nitrogens with two attached hydrogens (primary N) is 2. The maximum absolute atomic E-state index is 12.7. The van der Waals surface area contributed by atoms with Gasteiger partial charge in [0.1, 0.15) is 17.2 Å². The number of alkyl halides is 3. The van der Waals surface area contributed by atoms with Crippen LogP contribution in [0.4, 0.5) is 18.9 Å². The molecule has 1 heterocycles. The summed E-state index contributed by atoms with van der Waals surface area (Å²) in [5, 5.41) is 7.27. The molecule has 0 bridgehead atoms. The molecule has 1 aliphatic rings. The molecule has 1 aromatic carbocycles. The molecule has 0 spiro atoms. The van der Waals surface area contributed by atoms with E-state index in [1.165, 1.54) is 4.90 Å². The van der Waals surface area contributed by atoms with E-state index in [2.05, 4.69) is 0 Å². The number of nitrogens with zero attached hydrogens (tertiary/aromatic N) is 1. The Kier molecular flexibility index (Phi) is 7.84. The normalized spacial score (nSPS) is 20.0. The Morgan fingerprint density at radius 2 is 2.14 bits per heavy atom. The van der Waals surface area contributed by atoms with Gasteiger partial charge in [-0.2, -0.15) is 13.2 Å². The van der Waals surface area contributed by atoms with Crippen molar-refractivity contribution in [3.05, 3.63) is 40.6 Å². The van der Waals surface area contributed by atoms with Crippen molar-refractivity contribution >= 4 is 40.1 Å². The van der Waals surface area contributed by atoms with Gasteiger partial charge in [0.2, 0.25) is 0 Å². The zero-order valence-electron chi connectivity index (χ0n) is 15.5. The van der Waals surface area contributed by atoms with Crippen LogP contribution >= 0.6 is 11.6 Å². The molecule has 2 unspecified atom stereocenters. The minimum Gasteiger partial charge on any atom is -0.616 e. The molecule has 2 atom stereocenters. The second-order valence-corrected chi connectivity index (χ2v) is 8.81. The molecule has 29 heavy (non-hydrogen) atoms. The molecule has 6 nitrogen and oxygen atoms in total. The third-order valence-corrected chi connectivity index (χ3v) is 6.59. The lowest BCUT2D eigenvalue weighted by atomic mass is 10.0. The van der Waals surface area contributed by atoms with Crippen LogP contribution in [0.3, 0.4) is 0 Å². The average molecular weight is 451 g/mol. The van der Waals surface area contributed by atoms with E-state index in [9.17, 15) is 22.5 Å². The monoisotopic (exact) mass is 450 g/mol. The third-order valence-electron chi connectivity index (χ3n) is 4.59. The highest BCUT2D eigenvalue weighted by molar-refractivity contribution is 7.91. The molecule has 1 amide bonds. The number of amides is 1. The summed E-state index contributed by atoms with van der Waals surface area (Å²) in [5.74, 6) is 0.452. The van der Waals surface area contributed by atoms with Crippen LogP contribution in [0.2, 0.25) is 5.02 Å². The number of carbonyl (C=O) groups is 1. The van der Waals surface area contributed by atoms with Gasteiger partial charge >= 0.3 is 6.18 Å². The summed E-state index contributed by atoms with van der Waals surface area (Å²) in [6.45, 7) is 0.187. The van der Waals surface area contributed by atoms with Gasteiger partial charge in [0.25, 0.3) is 5.91 Å². The van der Waals surface area contributed by atoms with Crippen molar-refractivity contribution in [2.75, 3.05) is 23.8 Å². The van der Waals surface area contributed by atoms with Crippen molar-refractivity contribution in [3.8, 4) is 0 Å². The largest absolute Gasteiger partial charge is 0.616 e. The van der Waals surface area contributed by atoms with Crippen LogP contribution in [0.25, 0.3) is 0 Å². The van der Waals surface area contributed by atoms with Crippen molar-refractivity contribution in [2.24, 2.45) is 11.7 Å². The van der Waals surface area contributed by atoms with Crippen molar-refractivity contribution in [1.29, 1.82) is 5.41 Å². The van der Waals surface area contributed by atoms with Crippen LogP contribution in [-0.2, 0) is 22.5 Å². The van der Waals surface area contributed by atoms with Crippen LogP contribution in [-0.4, -0.2) is 45.3 Å². The number of nitrogens with one attached hydrogen (secondary N) is 1. The Bertz CT molecular complexity index is 804. The third kappa shape index (κ3) is 6.55. The number of allylic oxidation sites excluding steroid dienone is 1. The average Bonchev–Trinajstić information content (AvgIpc) is 3.05. The second kappa shape index (κ2) is 9.73. The van der Waals surface area contributed by atoms with E-state index in [0.717, 1.165) is 6.42 Å². The minimum absolute atomic E-state index is 0.00753. The Balaban J connectivity index is 2.20. The van der Waals surface area contributed by atoms with Gasteiger partial charge in [0, 0.05) is 19.0 Å². The molecule has 11 heteroatoms. The first-order chi connectivity index (χ1) is 13.5. The van der Waals surface area contributed by atoms with E-state index >= 15 is 0 Å². The van der Waals surface area contributed by atoms with E-state index in [1.54, 1.807) is 18.2 Å². The van der Waals surface area contributed by atoms with Crippen molar-refractivity contribution in [2.45, 2.75) is 25.6 Å². The number of benzene rings is 1. The molecular formula is C18H22ClF3N4O2S. The molecule has 0 radical (unpaired) electrons. The summed E-state index contributed by atoms with van der Waals surface area (Å²) < 4.78 is 49.4. The molecule has 1 fully saturated rings. The number of nitrogen functional groups attached to an aromatic ring is 1. The van der Waals surface area contributed by atoms with Gasteiger partial charge in [-0.3, -0.25) is 10.2 Å². The standard InChI is InChI=1S/C18H22ClF3N4O2S/c19-16-12(2-1-3-13(16)23)9-26(6-4-11-5-7-29(28)10-11)17(27)14(24)8-15(25)18(20,21)22/h1-3,8,11,25H,4-7,9-10,23-24H2/b14-8-,25-15?. The van der Waals surface area contributed by atoms with E-state index in [0.29, 0.717) is 35.3 Å². The number of hydrogen-bond donors (Lipinski definition) is 3. The van der Waals surface area contributed by atoms with Crippen molar-refractivity contribution in [3.63, 3.8) is 0 Å². The molecule has 1 aliphatic heterocycles. The topological polar surface area (TPSA) is 119 Å². The van der Waals surface area contributed by atoms with Crippen LogP contribution in [0.15, 0.2) is 30.0 Å². The number of hydrogen-bond acceptors (Lipinski definition) is 5. The maximum atomic E-state index is 12.7. The number of carbonyl (C=O) groups excluding carboxylic acids is 1. The molecule has 1 saturated heterocycles. The van der Waals surface area contributed by atoms with Crippen LogP contribution in [0.1, 0.15) is 18.4 Å². The zero-order valence-corrected chi connectivity index (χ0v) is 17.0. The first kappa shape index (κ1) is 23.4. The SMILES string of the molecule is N=C(/C=C(\N)C(=O)N(CCC1CC[S+]([O-])C1)Cc1cccc(N)c1Cl)C(F)(F)F. The van der Waals surface area contributed by atoms with Crippen molar-refractivity contribution in [1.82, 2.24) is 4.90 Å². The molecular weight excluding hydrogens is 429 g/mol. The second-order valence-electron chi connectivity index (χ2n) is 6.81. The number of halogens is 4. The Morgan fingerprint density at radius 1 is 1.45 bits per heavy atom. The van der Waals surface area contributed by atoms with Crippen LogP contribution in [0, 0.1) is 11.3 Å². The lowest BCUT2D eigenvalue weighted by Crippen LogP contribution is -2.36. The number of anilines is 1. The van der Waals surface area contributed by atoms with Crippen molar-refractivity contribution < 1.29 is 22.5 Å². The Labute approximate surface area is 174 Å². The molecule has 1 aromatic rings. The summed E-state index contributed by atoms with van der Waals surface area (Å²) >= 11 is 5.30. The van der Waals surface area contributed by atoms with Gasteiger partial charge in [0.05, 0.1) is 16.4 Å². The van der Waals surface area contributed by atoms with Crippen LogP contribution in [0.5, 0.6) is 0 Å². The number of rotatable bonds is 7. The van der Waals surface area contributed by atoms with Gasteiger partial charge in [-0.05, 0) is 30.5 Å². The highest BCUT2D eigenvalue weighted by Crippen LogP contribution is 2.26. The van der Waals surface area contributed by atoms with Gasteiger partial charge in [-0.25, -0.2) is 0 Å². The first-order valence-electron chi connectivity index (χ1n) is 8.79. The molecule has 0 aliphatic carbocycles. The summed E-state index contributed by atoms with van der Waals surface area (Å²) in [4.78, 5) is 14.0. The van der Waals surface area contributed by atoms with Crippen LogP contribution < -0.4 is 11.5 Å². The maximum Gasteiger partial charge on any atom is 0.432 e. The van der Waals surface area contributed by atoms with Gasteiger partial charge in [0.15, 0.2) is 0 Å². The zero-order chi connectivity index (χ0) is 21.8. The van der Waals surface area contributed by atoms with E-state index < -0.39 is 34.7 Å². The highest BCUT2D eigenvalue weighted by Gasteiger charge is 2.34. The fourth-order valence-electron chi connectivity index (χ4n) is 2.96. The molecule has 5 N–H and O–H groups in total. The highest BCUT2D eigenvalue weighted by atomic mass is 35.5. The molecule has 0 saturated carbocycles. The summed E-state index contributed by atoms with van der Waals surface area (Å²) in [5.41, 5.74) is 9.77. The lowest BCUT2D eigenvalue weighted by molar-refractivity contribution is -0.128. The lowest BCUT2D eigenvalue weighted by Gasteiger charge is -2.25. The summed E-state index contributed by atoms with van der Waals surface area (Å²) in [6.07, 6.45) is -3.30. The molecule has 2 rings (SSSR count). The quantitative estimate of drug-likeness (QED) is 0.256. The van der Waals surface area contributed by atoms with Gasteiger partial charge < -0.3 is 20.9 Å². The fraction of sp³-hybridized carbons (Fsp3) is 0.444. The summed E-state index contributed by atoms with van der Waals surface area (Å²) in [6, 6.07) is 4.89. The Morgan fingerprint density at radius 3 is 2.72 bits per heavy atom. The van der Waals surface area contributed by atoms with E-state index in [1.807, 2.05) is 0 Å².